The highest BCUT2D eigenvalue weighted by atomic mass is 19.4. The van der Waals surface area contributed by atoms with Crippen molar-refractivity contribution < 1.29 is 18.0 Å². The van der Waals surface area contributed by atoms with E-state index in [0.717, 1.165) is 17.7 Å². The van der Waals surface area contributed by atoms with E-state index in [4.69, 9.17) is 0 Å². The largest absolute Gasteiger partial charge is 0.416 e. The maximum atomic E-state index is 12.6. The molecule has 5 heteroatoms. The Morgan fingerprint density at radius 3 is 2.45 bits per heavy atom. The predicted octanol–water partition coefficient (Wildman–Crippen LogP) is 3.95. The molecule has 0 N–H and O–H groups in total. The lowest BCUT2D eigenvalue weighted by molar-refractivity contribution is -0.137. The van der Waals surface area contributed by atoms with Gasteiger partial charge in [0.1, 0.15) is 5.69 Å². The molecular weight excluding hydrogens is 267 g/mol. The molecule has 0 radical (unpaired) electrons. The second-order valence-electron chi connectivity index (χ2n) is 4.59. The van der Waals surface area contributed by atoms with Crippen LogP contribution in [0.25, 0.3) is 0 Å². The van der Waals surface area contributed by atoms with Gasteiger partial charge in [-0.15, -0.1) is 0 Å². The number of aryl methyl sites for hydroxylation is 2. The number of rotatable bonds is 2. The standard InChI is InChI=1S/C15H12F3NO/c1-9-6-10(2)13(19-8-9)14(20)11-4-3-5-12(7-11)15(16,17)18/h3-8H,1-2H3. The molecule has 104 valence electrons. The lowest BCUT2D eigenvalue weighted by Crippen LogP contribution is -2.10. The smallest absolute Gasteiger partial charge is 0.287 e. The molecular formula is C15H12F3NO. The van der Waals surface area contributed by atoms with Crippen molar-refractivity contribution in [2.75, 3.05) is 0 Å². The normalized spacial score (nSPS) is 11.4. The zero-order valence-corrected chi connectivity index (χ0v) is 11.0. The lowest BCUT2D eigenvalue weighted by Gasteiger charge is -2.09. The van der Waals surface area contributed by atoms with Gasteiger partial charge in [0.25, 0.3) is 0 Å². The SMILES string of the molecule is Cc1cnc(C(=O)c2cccc(C(F)(F)F)c2)c(C)c1. The van der Waals surface area contributed by atoms with Gasteiger partial charge in [-0.3, -0.25) is 9.78 Å². The van der Waals surface area contributed by atoms with Gasteiger partial charge < -0.3 is 0 Å². The Morgan fingerprint density at radius 1 is 1.15 bits per heavy atom. The molecule has 0 aliphatic heterocycles. The molecule has 0 fully saturated rings. The van der Waals surface area contributed by atoms with Crippen molar-refractivity contribution in [3.8, 4) is 0 Å². The summed E-state index contributed by atoms with van der Waals surface area (Å²) in [5, 5.41) is 0. The Hall–Kier alpha value is -2.17. The number of hydrogen-bond donors (Lipinski definition) is 0. The van der Waals surface area contributed by atoms with E-state index in [9.17, 15) is 18.0 Å². The predicted molar refractivity (Wildman–Crippen MR) is 68.6 cm³/mol. The molecule has 1 aromatic heterocycles. The summed E-state index contributed by atoms with van der Waals surface area (Å²) in [5.74, 6) is -0.506. The number of nitrogens with zero attached hydrogens (tertiary/aromatic N) is 1. The summed E-state index contributed by atoms with van der Waals surface area (Å²) in [7, 11) is 0. The van der Waals surface area contributed by atoms with Gasteiger partial charge in [-0.1, -0.05) is 18.2 Å². The molecule has 0 amide bonds. The first-order valence-corrected chi connectivity index (χ1v) is 5.94. The van der Waals surface area contributed by atoms with Crippen LogP contribution in [-0.2, 0) is 6.18 Å². The van der Waals surface area contributed by atoms with Crippen LogP contribution in [0.2, 0.25) is 0 Å². The van der Waals surface area contributed by atoms with E-state index in [2.05, 4.69) is 4.98 Å². The van der Waals surface area contributed by atoms with Crippen LogP contribution < -0.4 is 0 Å². The van der Waals surface area contributed by atoms with E-state index in [1.807, 2.05) is 6.92 Å². The second kappa shape index (κ2) is 5.07. The van der Waals surface area contributed by atoms with Crippen molar-refractivity contribution in [1.82, 2.24) is 4.98 Å². The highest BCUT2D eigenvalue weighted by molar-refractivity contribution is 6.08. The van der Waals surface area contributed by atoms with Gasteiger partial charge in [-0.25, -0.2) is 0 Å². The number of benzene rings is 1. The third-order valence-electron chi connectivity index (χ3n) is 2.88. The van der Waals surface area contributed by atoms with Crippen LogP contribution in [0.1, 0.15) is 32.7 Å². The van der Waals surface area contributed by atoms with Crippen molar-refractivity contribution in [1.29, 1.82) is 0 Å². The van der Waals surface area contributed by atoms with E-state index >= 15 is 0 Å². The number of hydrogen-bond acceptors (Lipinski definition) is 2. The fraction of sp³-hybridized carbons (Fsp3) is 0.200. The van der Waals surface area contributed by atoms with Gasteiger partial charge in [0.15, 0.2) is 0 Å². The van der Waals surface area contributed by atoms with Gasteiger partial charge in [0, 0.05) is 11.8 Å². The van der Waals surface area contributed by atoms with Crippen LogP contribution >= 0.6 is 0 Å². The van der Waals surface area contributed by atoms with Crippen LogP contribution in [0.15, 0.2) is 36.5 Å². The Labute approximate surface area is 114 Å². The first-order chi connectivity index (χ1) is 9.29. The zero-order valence-electron chi connectivity index (χ0n) is 11.0. The summed E-state index contributed by atoms with van der Waals surface area (Å²) in [6, 6.07) is 6.14. The van der Waals surface area contributed by atoms with Gasteiger partial charge in [0.2, 0.25) is 5.78 Å². The summed E-state index contributed by atoms with van der Waals surface area (Å²) in [4.78, 5) is 16.2. The quantitative estimate of drug-likeness (QED) is 0.779. The van der Waals surface area contributed by atoms with Gasteiger partial charge >= 0.3 is 6.18 Å². The molecule has 1 aromatic carbocycles. The minimum Gasteiger partial charge on any atom is -0.287 e. The molecule has 0 bridgehead atoms. The maximum absolute atomic E-state index is 12.6. The van der Waals surface area contributed by atoms with Crippen LogP contribution in [0.4, 0.5) is 13.2 Å². The number of halogens is 3. The third-order valence-corrected chi connectivity index (χ3v) is 2.88. The molecule has 0 atom stereocenters. The number of ketones is 1. The van der Waals surface area contributed by atoms with Crippen LogP contribution in [0.3, 0.4) is 0 Å². The van der Waals surface area contributed by atoms with Crippen molar-refractivity contribution in [3.63, 3.8) is 0 Å². The third kappa shape index (κ3) is 2.87. The monoisotopic (exact) mass is 279 g/mol. The molecule has 2 rings (SSSR count). The van der Waals surface area contributed by atoms with Crippen LogP contribution in [0.5, 0.6) is 0 Å². The molecule has 2 nitrogen and oxygen atoms in total. The number of pyridine rings is 1. The first-order valence-electron chi connectivity index (χ1n) is 5.94. The highest BCUT2D eigenvalue weighted by Crippen LogP contribution is 2.30. The molecule has 0 unspecified atom stereocenters. The molecule has 0 spiro atoms. The van der Waals surface area contributed by atoms with Crippen molar-refractivity contribution in [2.45, 2.75) is 20.0 Å². The van der Waals surface area contributed by atoms with E-state index < -0.39 is 17.5 Å². The maximum Gasteiger partial charge on any atom is 0.416 e. The minimum absolute atomic E-state index is 0.0146. The number of carbonyl (C=O) groups excluding carboxylic acids is 1. The van der Waals surface area contributed by atoms with Crippen LogP contribution in [-0.4, -0.2) is 10.8 Å². The number of alkyl halides is 3. The fourth-order valence-corrected chi connectivity index (χ4v) is 1.93. The molecule has 0 saturated heterocycles. The minimum atomic E-state index is -4.47. The molecule has 2 aromatic rings. The molecule has 1 heterocycles. The van der Waals surface area contributed by atoms with E-state index in [1.54, 1.807) is 13.0 Å². The Morgan fingerprint density at radius 2 is 1.85 bits per heavy atom. The highest BCUT2D eigenvalue weighted by Gasteiger charge is 2.31. The lowest BCUT2D eigenvalue weighted by atomic mass is 10.0. The number of carbonyl (C=O) groups is 1. The fourth-order valence-electron chi connectivity index (χ4n) is 1.93. The van der Waals surface area contributed by atoms with Crippen molar-refractivity contribution in [3.05, 3.63) is 64.5 Å². The summed E-state index contributed by atoms with van der Waals surface area (Å²) in [5.41, 5.74) is 0.859. The second-order valence-corrected chi connectivity index (χ2v) is 4.59. The van der Waals surface area contributed by atoms with Crippen molar-refractivity contribution in [2.24, 2.45) is 0 Å². The molecule has 0 aliphatic carbocycles. The van der Waals surface area contributed by atoms with Gasteiger partial charge in [-0.2, -0.15) is 13.2 Å². The Balaban J connectivity index is 2.44. The van der Waals surface area contributed by atoms with Crippen LogP contribution in [0, 0.1) is 13.8 Å². The van der Waals surface area contributed by atoms with E-state index in [-0.39, 0.29) is 11.3 Å². The summed E-state index contributed by atoms with van der Waals surface area (Å²) in [6.45, 7) is 3.54. The summed E-state index contributed by atoms with van der Waals surface area (Å²) in [6.07, 6.45) is -2.94. The number of aromatic nitrogens is 1. The molecule has 0 saturated carbocycles. The molecule has 20 heavy (non-hydrogen) atoms. The van der Waals surface area contributed by atoms with Crippen molar-refractivity contribution >= 4 is 5.78 Å². The average Bonchev–Trinajstić information content (AvgIpc) is 2.37. The Bertz CT molecular complexity index is 662. The summed E-state index contributed by atoms with van der Waals surface area (Å²) >= 11 is 0. The topological polar surface area (TPSA) is 30.0 Å². The average molecular weight is 279 g/mol. The zero-order chi connectivity index (χ0) is 14.9. The van der Waals surface area contributed by atoms with Gasteiger partial charge in [0.05, 0.1) is 5.56 Å². The van der Waals surface area contributed by atoms with E-state index in [0.29, 0.717) is 5.56 Å². The van der Waals surface area contributed by atoms with E-state index in [1.165, 1.54) is 18.3 Å². The molecule has 0 aliphatic rings. The van der Waals surface area contributed by atoms with Gasteiger partial charge in [-0.05, 0) is 37.1 Å². The first kappa shape index (κ1) is 14.2. The summed E-state index contributed by atoms with van der Waals surface area (Å²) < 4.78 is 37.9. The Kier molecular flexibility index (Phi) is 3.61.